The Balaban J connectivity index is 1.94. The first-order valence-electron chi connectivity index (χ1n) is 6.97. The van der Waals surface area contributed by atoms with Gasteiger partial charge in [0.2, 0.25) is 0 Å². The number of H-pyrrole nitrogens is 1. The Morgan fingerprint density at radius 1 is 1.26 bits per heavy atom. The normalized spacial score (nSPS) is 13.2. The van der Waals surface area contributed by atoms with Gasteiger partial charge in [0, 0.05) is 10.9 Å². The number of carbonyl (C=O) groups excluding carboxylic acids is 1. The second-order valence-electron chi connectivity index (χ2n) is 5.09. The van der Waals surface area contributed by atoms with Crippen LogP contribution in [-0.2, 0) is 0 Å². The molecule has 8 nitrogen and oxygen atoms in total. The first-order valence-corrected chi connectivity index (χ1v) is 6.97. The van der Waals surface area contributed by atoms with E-state index < -0.39 is 5.91 Å². The molecule has 0 radical (unpaired) electrons. The first-order chi connectivity index (χ1) is 11.1. The number of primary amides is 1. The number of nitrogens with two attached hydrogens (primary N) is 2. The molecular formula is C15H13N5O3. The number of anilines is 1. The van der Waals surface area contributed by atoms with Crippen molar-refractivity contribution in [3.8, 4) is 22.9 Å². The maximum Gasteiger partial charge on any atom is 0.269 e. The number of rotatable bonds is 2. The highest BCUT2D eigenvalue weighted by Gasteiger charge is 2.20. The molecule has 2 aromatic heterocycles. The van der Waals surface area contributed by atoms with Crippen LogP contribution in [0.3, 0.4) is 0 Å². The van der Waals surface area contributed by atoms with Crippen molar-refractivity contribution < 1.29 is 14.3 Å². The molecule has 1 aliphatic rings. The second-order valence-corrected chi connectivity index (χ2v) is 5.09. The Morgan fingerprint density at radius 3 is 2.91 bits per heavy atom. The smallest absolute Gasteiger partial charge is 0.269 e. The molecule has 8 heteroatoms. The van der Waals surface area contributed by atoms with Crippen molar-refractivity contribution in [3.63, 3.8) is 0 Å². The standard InChI is InChI=1S/C15H13N5O3/c16-11-6-18-13(15(17)21)12(20-11)9-5-7-8(19-9)1-2-10-14(7)23-4-3-22-10/h1-2,5-6,19H,3-4H2,(H2,16,20)(H2,17,21). The van der Waals surface area contributed by atoms with Crippen LogP contribution in [0, 0.1) is 0 Å². The SMILES string of the molecule is NC(=O)c1ncc(N)nc1-c1cc2c3c(ccc2[nH]1)OCCO3. The fourth-order valence-electron chi connectivity index (χ4n) is 2.61. The van der Waals surface area contributed by atoms with Crippen LogP contribution >= 0.6 is 0 Å². The molecule has 0 spiro atoms. The minimum atomic E-state index is -0.673. The average molecular weight is 311 g/mol. The number of carbonyl (C=O) groups is 1. The number of ether oxygens (including phenoxy) is 2. The van der Waals surface area contributed by atoms with Gasteiger partial charge >= 0.3 is 0 Å². The topological polar surface area (TPSA) is 129 Å². The predicted octanol–water partition coefficient (Wildman–Crippen LogP) is 1.08. The number of fused-ring (bicyclic) bond motifs is 3. The molecule has 3 aromatic rings. The Morgan fingerprint density at radius 2 is 2.09 bits per heavy atom. The van der Waals surface area contributed by atoms with E-state index in [0.29, 0.717) is 36.1 Å². The van der Waals surface area contributed by atoms with Crippen LogP contribution < -0.4 is 20.9 Å². The van der Waals surface area contributed by atoms with Crippen molar-refractivity contribution in [1.29, 1.82) is 0 Å². The summed E-state index contributed by atoms with van der Waals surface area (Å²) in [5, 5.41) is 0.830. The summed E-state index contributed by atoms with van der Waals surface area (Å²) in [6.45, 7) is 1.000. The highest BCUT2D eigenvalue weighted by atomic mass is 16.6. The van der Waals surface area contributed by atoms with Crippen molar-refractivity contribution in [2.75, 3.05) is 18.9 Å². The van der Waals surface area contributed by atoms with E-state index in [1.54, 1.807) is 0 Å². The van der Waals surface area contributed by atoms with Crippen LogP contribution in [0.5, 0.6) is 11.5 Å². The number of amides is 1. The predicted molar refractivity (Wildman–Crippen MR) is 83.2 cm³/mol. The van der Waals surface area contributed by atoms with Gasteiger partial charge in [-0.15, -0.1) is 0 Å². The van der Waals surface area contributed by atoms with Gasteiger partial charge < -0.3 is 25.9 Å². The quantitative estimate of drug-likeness (QED) is 0.649. The zero-order valence-corrected chi connectivity index (χ0v) is 12.0. The lowest BCUT2D eigenvalue weighted by atomic mass is 10.2. The zero-order valence-electron chi connectivity index (χ0n) is 12.0. The van der Waals surface area contributed by atoms with E-state index in [2.05, 4.69) is 15.0 Å². The molecule has 0 fully saturated rings. The lowest BCUT2D eigenvalue weighted by Crippen LogP contribution is -2.16. The molecule has 0 saturated heterocycles. The average Bonchev–Trinajstić information content (AvgIpc) is 2.99. The van der Waals surface area contributed by atoms with Crippen molar-refractivity contribution >= 4 is 22.6 Å². The van der Waals surface area contributed by atoms with Crippen LogP contribution in [0.25, 0.3) is 22.3 Å². The number of aromatic amines is 1. The Kier molecular flexibility index (Phi) is 2.83. The number of nitrogens with one attached hydrogen (secondary N) is 1. The highest BCUT2D eigenvalue weighted by Crippen LogP contribution is 2.39. The molecule has 1 aromatic carbocycles. The lowest BCUT2D eigenvalue weighted by molar-refractivity contribution is 0.0996. The monoisotopic (exact) mass is 311 g/mol. The van der Waals surface area contributed by atoms with Crippen LogP contribution in [0.1, 0.15) is 10.5 Å². The summed E-state index contributed by atoms with van der Waals surface area (Å²) in [7, 11) is 0. The van der Waals surface area contributed by atoms with Gasteiger partial charge in [0.25, 0.3) is 5.91 Å². The van der Waals surface area contributed by atoms with E-state index in [0.717, 1.165) is 10.9 Å². The fraction of sp³-hybridized carbons (Fsp3) is 0.133. The summed E-state index contributed by atoms with van der Waals surface area (Å²) in [4.78, 5) is 22.9. The molecule has 116 valence electrons. The van der Waals surface area contributed by atoms with Crippen LogP contribution in [0.15, 0.2) is 24.4 Å². The van der Waals surface area contributed by atoms with Crippen molar-refractivity contribution in [1.82, 2.24) is 15.0 Å². The van der Waals surface area contributed by atoms with Gasteiger partial charge in [-0.1, -0.05) is 0 Å². The summed E-state index contributed by atoms with van der Waals surface area (Å²) >= 11 is 0. The van der Waals surface area contributed by atoms with Crippen molar-refractivity contribution in [2.24, 2.45) is 5.73 Å². The van der Waals surface area contributed by atoms with Gasteiger partial charge in [-0.25, -0.2) is 9.97 Å². The van der Waals surface area contributed by atoms with E-state index in [1.807, 2.05) is 18.2 Å². The van der Waals surface area contributed by atoms with Gasteiger partial charge in [0.05, 0.1) is 11.9 Å². The third-order valence-corrected chi connectivity index (χ3v) is 3.58. The zero-order chi connectivity index (χ0) is 16.0. The minimum absolute atomic E-state index is 0.0526. The molecule has 0 aliphatic carbocycles. The third-order valence-electron chi connectivity index (χ3n) is 3.58. The molecule has 0 saturated carbocycles. The molecule has 0 bridgehead atoms. The summed E-state index contributed by atoms with van der Waals surface area (Å²) in [6, 6.07) is 5.52. The van der Waals surface area contributed by atoms with E-state index in [1.165, 1.54) is 6.20 Å². The molecule has 0 unspecified atom stereocenters. The number of benzene rings is 1. The molecule has 4 rings (SSSR count). The number of hydrogen-bond donors (Lipinski definition) is 3. The third kappa shape index (κ3) is 2.11. The fourth-order valence-corrected chi connectivity index (χ4v) is 2.61. The molecule has 23 heavy (non-hydrogen) atoms. The largest absolute Gasteiger partial charge is 0.486 e. The van der Waals surface area contributed by atoms with Crippen LogP contribution in [0.4, 0.5) is 5.82 Å². The highest BCUT2D eigenvalue weighted by molar-refractivity contribution is 5.99. The maximum absolute atomic E-state index is 11.6. The first kappa shape index (κ1) is 13.4. The van der Waals surface area contributed by atoms with E-state index in [-0.39, 0.29) is 11.5 Å². The summed E-state index contributed by atoms with van der Waals surface area (Å²) in [5.41, 5.74) is 12.8. The minimum Gasteiger partial charge on any atom is -0.486 e. The molecule has 1 aliphatic heterocycles. The molecular weight excluding hydrogens is 298 g/mol. The maximum atomic E-state index is 11.6. The van der Waals surface area contributed by atoms with E-state index in [4.69, 9.17) is 20.9 Å². The van der Waals surface area contributed by atoms with Gasteiger partial charge in [-0.3, -0.25) is 4.79 Å². The Bertz CT molecular complexity index is 934. The number of aromatic nitrogens is 3. The lowest BCUT2D eigenvalue weighted by Gasteiger charge is -2.18. The Hall–Kier alpha value is -3.29. The summed E-state index contributed by atoms with van der Waals surface area (Å²) in [5.74, 6) is 0.870. The van der Waals surface area contributed by atoms with Gasteiger partial charge in [-0.05, 0) is 18.2 Å². The van der Waals surface area contributed by atoms with Gasteiger partial charge in [0.1, 0.15) is 24.7 Å². The molecule has 3 heterocycles. The van der Waals surface area contributed by atoms with Crippen LogP contribution in [0.2, 0.25) is 0 Å². The molecule has 5 N–H and O–H groups in total. The van der Waals surface area contributed by atoms with Gasteiger partial charge in [-0.2, -0.15) is 0 Å². The molecule has 1 amide bonds. The summed E-state index contributed by atoms with van der Waals surface area (Å²) < 4.78 is 11.3. The summed E-state index contributed by atoms with van der Waals surface area (Å²) in [6.07, 6.45) is 1.30. The molecule has 0 atom stereocenters. The number of hydrogen-bond acceptors (Lipinski definition) is 6. The van der Waals surface area contributed by atoms with Crippen molar-refractivity contribution in [3.05, 3.63) is 30.1 Å². The van der Waals surface area contributed by atoms with Crippen LogP contribution in [-0.4, -0.2) is 34.1 Å². The van der Waals surface area contributed by atoms with E-state index >= 15 is 0 Å². The van der Waals surface area contributed by atoms with Gasteiger partial charge in [0.15, 0.2) is 17.2 Å². The second kappa shape index (κ2) is 4.87. The Labute approximate surface area is 130 Å². The van der Waals surface area contributed by atoms with E-state index in [9.17, 15) is 4.79 Å². The van der Waals surface area contributed by atoms with Crippen molar-refractivity contribution in [2.45, 2.75) is 0 Å². The number of nitrogens with zero attached hydrogens (tertiary/aromatic N) is 2. The number of nitrogen functional groups attached to an aromatic ring is 1.